The first-order valence-corrected chi connectivity index (χ1v) is 29.9. The Morgan fingerprint density at radius 2 is 0.637 bits per heavy atom. The van der Waals surface area contributed by atoms with Gasteiger partial charge in [0.2, 0.25) is 23.3 Å². The van der Waals surface area contributed by atoms with Crippen LogP contribution in [0.25, 0.3) is 0 Å². The number of methoxy groups -OCH3 is 3. The summed E-state index contributed by atoms with van der Waals surface area (Å²) >= 11 is 0. The predicted molar refractivity (Wildman–Crippen MR) is 349 cm³/mol. The van der Waals surface area contributed by atoms with E-state index in [0.717, 1.165) is 0 Å². The Balaban J connectivity index is 0. The smallest absolute Gasteiger partial charge is 0.349 e. The molecule has 0 aliphatic carbocycles. The summed E-state index contributed by atoms with van der Waals surface area (Å²) in [6.07, 6.45) is -0.376. The van der Waals surface area contributed by atoms with Crippen molar-refractivity contribution in [1.29, 1.82) is 0 Å². The van der Waals surface area contributed by atoms with Crippen molar-refractivity contribution < 1.29 is 86.0 Å². The van der Waals surface area contributed by atoms with Crippen molar-refractivity contribution in [2.24, 2.45) is 37.9 Å². The lowest BCUT2D eigenvalue weighted by Gasteiger charge is -2.35. The van der Waals surface area contributed by atoms with Crippen LogP contribution in [-0.2, 0) is 97.0 Å². The third-order valence-corrected chi connectivity index (χ3v) is 16.8. The van der Waals surface area contributed by atoms with Crippen LogP contribution >= 0.6 is 0 Å². The van der Waals surface area contributed by atoms with Crippen LogP contribution in [0, 0.1) is 37.9 Å². The number of nitrogens with zero attached hydrogens (tertiary/aromatic N) is 3. The van der Waals surface area contributed by atoms with Crippen LogP contribution in [0.1, 0.15) is 197 Å². The fourth-order valence-electron chi connectivity index (χ4n) is 8.98. The molecule has 0 N–H and O–H groups in total. The molecule has 0 aliphatic rings. The third-order valence-electron chi connectivity index (χ3n) is 16.8. The standard InChI is InChI=1S/C26H38BNO6.C24H40BNO6.C17H28BNO6/c1-23(2,20(30)28(9)16-27)15-19(29)25(5,6)22(32)34-26(7,8)18-14-12-11-13-17(18)24(3,4)21(31)33-10;1-15(22(5,6)19(29)31-12)16(2)24(9,10)32-20(30)23(7,8)17(27)13-21(3,4)18(28)26(11)14-25;1-15(2,12(21)19(7)10-18)9-11(20)16(3,4)13(22)25-17(5,6)14(23)24-8/h11-14H,15-16H2,1-10H3;13-14H2,1-12H3;9-10H2,1-8H3/b;16-15-;. The van der Waals surface area contributed by atoms with Crippen LogP contribution in [0.2, 0.25) is 0 Å². The lowest BCUT2D eigenvalue weighted by molar-refractivity contribution is -0.184. The predicted octanol–water partition coefficient (Wildman–Crippen LogP) is 8.03. The minimum absolute atomic E-state index is 0.0230. The van der Waals surface area contributed by atoms with E-state index in [0.29, 0.717) is 22.3 Å². The molecule has 0 spiro atoms. The van der Waals surface area contributed by atoms with E-state index < -0.39 is 113 Å². The Morgan fingerprint density at radius 3 is 0.923 bits per heavy atom. The Morgan fingerprint density at radius 1 is 0.363 bits per heavy atom. The zero-order valence-corrected chi connectivity index (χ0v) is 60.5. The number of carbonyl (C=O) groups is 12. The van der Waals surface area contributed by atoms with Crippen molar-refractivity contribution >= 4 is 94.4 Å². The SMILES string of the molecule is [B]CN(C)C(=O)C(C)(C)CC(=O)C(C)(C)C(=O)OC(C)(C)/C(C)=C(/C)C(C)(C)C(=O)OC.[B]CN(C)C(=O)C(C)(C)CC(=O)C(C)(C)C(=O)OC(C)(C)C(=O)OC.[B]CN(C)C(=O)C(C)(C)CC(=O)C(C)(C)C(=O)OC(C)(C)c1ccccc1C(C)(C)C(=O)OC. The summed E-state index contributed by atoms with van der Waals surface area (Å²) in [6.45, 7) is 38.7. The molecule has 1 rings (SSSR count). The molecule has 0 fully saturated rings. The van der Waals surface area contributed by atoms with Gasteiger partial charge in [0.05, 0.1) is 71.9 Å². The minimum Gasteiger partial charge on any atom is -0.468 e. The van der Waals surface area contributed by atoms with Crippen LogP contribution in [0.5, 0.6) is 0 Å². The highest BCUT2D eigenvalue weighted by atomic mass is 16.6. The third kappa shape index (κ3) is 22.0. The monoisotopic (exact) mass is 1270 g/mol. The molecular weight excluding hydrogens is 1170 g/mol. The van der Waals surface area contributed by atoms with Gasteiger partial charge in [-0.25, -0.2) is 4.79 Å². The number of benzene rings is 1. The van der Waals surface area contributed by atoms with E-state index in [1.165, 1.54) is 98.5 Å². The highest BCUT2D eigenvalue weighted by molar-refractivity contribution is 6.12. The van der Waals surface area contributed by atoms with Crippen LogP contribution in [0.3, 0.4) is 0 Å². The summed E-state index contributed by atoms with van der Waals surface area (Å²) < 4.78 is 31.3. The molecule has 21 nitrogen and oxygen atoms in total. The second-order valence-corrected chi connectivity index (χ2v) is 29.1. The van der Waals surface area contributed by atoms with Gasteiger partial charge in [0, 0.05) is 40.4 Å². The normalized spacial score (nSPS) is 12.9. The fraction of sp³-hybridized carbons (Fsp3) is 0.701. The maximum atomic E-state index is 13.2. The zero-order valence-electron chi connectivity index (χ0n) is 60.5. The summed E-state index contributed by atoms with van der Waals surface area (Å²) in [4.78, 5) is 155. The molecule has 3 amide bonds. The van der Waals surface area contributed by atoms with E-state index in [-0.39, 0.29) is 56.3 Å². The van der Waals surface area contributed by atoms with Gasteiger partial charge in [-0.15, -0.1) is 0 Å². The molecule has 0 aromatic heterocycles. The van der Waals surface area contributed by atoms with Gasteiger partial charge >= 0.3 is 35.8 Å². The maximum absolute atomic E-state index is 13.2. The molecule has 1 aromatic carbocycles. The van der Waals surface area contributed by atoms with Crippen molar-refractivity contribution in [2.45, 2.75) is 208 Å². The van der Waals surface area contributed by atoms with E-state index in [1.807, 2.05) is 0 Å². The fourth-order valence-corrected chi connectivity index (χ4v) is 8.98. The van der Waals surface area contributed by atoms with Crippen LogP contribution < -0.4 is 0 Å². The molecule has 506 valence electrons. The number of amides is 3. The summed E-state index contributed by atoms with van der Waals surface area (Å²) in [5.74, 6) is -6.00. The van der Waals surface area contributed by atoms with Gasteiger partial charge in [-0.1, -0.05) is 71.4 Å². The highest BCUT2D eigenvalue weighted by Gasteiger charge is 2.49. The molecule has 0 heterocycles. The molecule has 0 saturated heterocycles. The minimum atomic E-state index is -1.52. The highest BCUT2D eigenvalue weighted by Crippen LogP contribution is 2.41. The Hall–Kier alpha value is -6.61. The first kappa shape index (κ1) is 86.5. The second-order valence-electron chi connectivity index (χ2n) is 29.1. The first-order valence-electron chi connectivity index (χ1n) is 29.9. The van der Waals surface area contributed by atoms with Crippen LogP contribution in [0.15, 0.2) is 35.4 Å². The zero-order chi connectivity index (χ0) is 72.8. The van der Waals surface area contributed by atoms with Gasteiger partial charge in [0.1, 0.15) is 27.4 Å². The molecular formula is C67H106B3N3O18. The largest absolute Gasteiger partial charge is 0.468 e. The van der Waals surface area contributed by atoms with E-state index in [9.17, 15) is 57.5 Å². The summed E-state index contributed by atoms with van der Waals surface area (Å²) in [5, 5.41) is 0. The molecule has 91 heavy (non-hydrogen) atoms. The van der Waals surface area contributed by atoms with E-state index in [2.05, 4.69) is 4.74 Å². The van der Waals surface area contributed by atoms with E-state index in [4.69, 9.17) is 47.2 Å². The molecule has 6 radical (unpaired) electrons. The van der Waals surface area contributed by atoms with E-state index >= 15 is 0 Å². The van der Waals surface area contributed by atoms with Crippen LogP contribution in [-0.4, -0.2) is 182 Å². The number of ether oxygens (including phenoxy) is 6. The van der Waals surface area contributed by atoms with Crippen molar-refractivity contribution in [2.75, 3.05) is 61.8 Å². The van der Waals surface area contributed by atoms with Gasteiger partial charge in [-0.2, -0.15) is 0 Å². The number of hydrogen-bond acceptors (Lipinski definition) is 18. The molecule has 0 saturated carbocycles. The molecule has 0 aliphatic heterocycles. The summed E-state index contributed by atoms with van der Waals surface area (Å²) in [5.41, 5.74) is -10.5. The average molecular weight is 1270 g/mol. The lowest BCUT2D eigenvalue weighted by Crippen LogP contribution is -2.47. The Kier molecular flexibility index (Phi) is 30.7. The number of hydrogen-bond donors (Lipinski definition) is 0. The maximum Gasteiger partial charge on any atom is 0.349 e. The van der Waals surface area contributed by atoms with Gasteiger partial charge < -0.3 is 43.1 Å². The summed E-state index contributed by atoms with van der Waals surface area (Å²) in [7, 11) is 25.0. The quantitative estimate of drug-likeness (QED) is 0.0252. The number of carbonyl (C=O) groups excluding carboxylic acids is 12. The molecule has 24 heteroatoms. The molecule has 0 atom stereocenters. The lowest BCUT2D eigenvalue weighted by atomic mass is 9.76. The molecule has 0 unspecified atom stereocenters. The van der Waals surface area contributed by atoms with Crippen LogP contribution in [0.4, 0.5) is 0 Å². The average Bonchev–Trinajstić information content (AvgIpc) is 0.869. The van der Waals surface area contributed by atoms with E-state index in [1.54, 1.807) is 149 Å². The van der Waals surface area contributed by atoms with Crippen molar-refractivity contribution in [1.82, 2.24) is 14.7 Å². The van der Waals surface area contributed by atoms with Gasteiger partial charge in [0.25, 0.3) is 0 Å². The van der Waals surface area contributed by atoms with Gasteiger partial charge in [-0.05, 0) is 161 Å². The van der Waals surface area contributed by atoms with Crippen molar-refractivity contribution in [3.63, 3.8) is 0 Å². The van der Waals surface area contributed by atoms with Gasteiger partial charge in [-0.3, -0.25) is 52.7 Å². The molecule has 0 bridgehead atoms. The summed E-state index contributed by atoms with van der Waals surface area (Å²) in [6, 6.07) is 7.17. The number of ketones is 3. The Labute approximate surface area is 546 Å². The topological polar surface area (TPSA) is 270 Å². The first-order chi connectivity index (χ1) is 40.7. The number of Topliss-reactive ketones (excluding diaryl/α,β-unsaturated/α-hetero) is 3. The van der Waals surface area contributed by atoms with Crippen molar-refractivity contribution in [3.05, 3.63) is 46.5 Å². The Bertz CT molecular complexity index is 2890. The number of rotatable bonds is 28. The second kappa shape index (κ2) is 32.3. The number of esters is 6. The van der Waals surface area contributed by atoms with Gasteiger partial charge in [0.15, 0.2) is 17.3 Å². The molecule has 1 aromatic rings. The van der Waals surface area contributed by atoms with Crippen molar-refractivity contribution in [3.8, 4) is 0 Å².